The van der Waals surface area contributed by atoms with Crippen molar-refractivity contribution in [1.82, 2.24) is 9.88 Å². The van der Waals surface area contributed by atoms with Crippen molar-refractivity contribution >= 4 is 40.1 Å². The Morgan fingerprint density at radius 1 is 0.930 bits per heavy atom. The van der Waals surface area contributed by atoms with Crippen molar-refractivity contribution in [2.24, 2.45) is 0 Å². The van der Waals surface area contributed by atoms with E-state index in [0.717, 1.165) is 39.0 Å². The van der Waals surface area contributed by atoms with Crippen molar-refractivity contribution < 1.29 is 19.1 Å². The van der Waals surface area contributed by atoms with Gasteiger partial charge in [-0.25, -0.2) is 9.69 Å². The largest absolute Gasteiger partial charge is 0.494 e. The standard InChI is InChI=1S/C35H30N4O4/c1-3-43-26-18-14-24(15-19-26)36-33(40)23-12-16-25(17-13-23)38-34(41)30-20-28-27-6-4-5-7-29(27)37-31(28)32(39(30)35(38)42)22-10-8-21(2)9-11-22/h4-19,30,32,37H,3,20H2,1-2H3,(H,36,40)/t30-,32+/m0/s1. The van der Waals surface area contributed by atoms with Crippen molar-refractivity contribution in [3.8, 4) is 5.75 Å². The molecule has 1 fully saturated rings. The minimum Gasteiger partial charge on any atom is -0.494 e. The minimum atomic E-state index is -0.645. The van der Waals surface area contributed by atoms with Crippen molar-refractivity contribution in [2.75, 3.05) is 16.8 Å². The second kappa shape index (κ2) is 10.5. The van der Waals surface area contributed by atoms with Crippen LogP contribution in [0.25, 0.3) is 10.9 Å². The van der Waals surface area contributed by atoms with Crippen LogP contribution < -0.4 is 15.0 Å². The maximum absolute atomic E-state index is 14.1. The lowest BCUT2D eigenvalue weighted by atomic mass is 9.88. The summed E-state index contributed by atoms with van der Waals surface area (Å²) in [6, 6.07) is 28.4. The van der Waals surface area contributed by atoms with Crippen LogP contribution in [0.4, 0.5) is 16.2 Å². The van der Waals surface area contributed by atoms with Crippen LogP contribution >= 0.6 is 0 Å². The SMILES string of the molecule is CCOc1ccc(NC(=O)c2ccc(N3C(=O)[C@@H]4Cc5c([nH]c6ccccc56)[C@@H](c5ccc(C)cc5)N4C3=O)cc2)cc1. The molecule has 5 aromatic rings. The molecule has 214 valence electrons. The summed E-state index contributed by atoms with van der Waals surface area (Å²) < 4.78 is 5.46. The molecule has 7 rings (SSSR count). The molecule has 1 aromatic heterocycles. The molecule has 43 heavy (non-hydrogen) atoms. The fraction of sp³-hybridized carbons (Fsp3) is 0.171. The number of rotatable bonds is 6. The monoisotopic (exact) mass is 570 g/mol. The highest BCUT2D eigenvalue weighted by Crippen LogP contribution is 2.44. The lowest BCUT2D eigenvalue weighted by molar-refractivity contribution is -0.120. The van der Waals surface area contributed by atoms with E-state index in [1.807, 2.05) is 56.3 Å². The second-order valence-corrected chi connectivity index (χ2v) is 10.9. The highest BCUT2D eigenvalue weighted by molar-refractivity contribution is 6.22. The molecule has 2 aliphatic heterocycles. The Morgan fingerprint density at radius 2 is 1.65 bits per heavy atom. The van der Waals surface area contributed by atoms with Gasteiger partial charge in [0.1, 0.15) is 17.8 Å². The second-order valence-electron chi connectivity index (χ2n) is 10.9. The van der Waals surface area contributed by atoms with E-state index in [-0.39, 0.29) is 17.8 Å². The molecule has 4 aromatic carbocycles. The lowest BCUT2D eigenvalue weighted by Gasteiger charge is -2.36. The summed E-state index contributed by atoms with van der Waals surface area (Å²) in [6.45, 7) is 4.50. The molecule has 8 nitrogen and oxygen atoms in total. The number of para-hydroxylation sites is 1. The fourth-order valence-electron chi connectivity index (χ4n) is 6.17. The summed E-state index contributed by atoms with van der Waals surface area (Å²) in [6.07, 6.45) is 0.422. The van der Waals surface area contributed by atoms with Gasteiger partial charge in [0.05, 0.1) is 12.3 Å². The molecule has 0 aliphatic carbocycles. The summed E-state index contributed by atoms with van der Waals surface area (Å²) in [4.78, 5) is 47.5. The normalized spacial score (nSPS) is 17.6. The topological polar surface area (TPSA) is 94.7 Å². The minimum absolute atomic E-state index is 0.273. The van der Waals surface area contributed by atoms with Crippen LogP contribution in [0.3, 0.4) is 0 Å². The van der Waals surface area contributed by atoms with Crippen LogP contribution in [-0.4, -0.2) is 40.4 Å². The van der Waals surface area contributed by atoms with Crippen LogP contribution in [0.15, 0.2) is 97.1 Å². The molecule has 1 saturated heterocycles. The molecule has 0 bridgehead atoms. The third-order valence-electron chi connectivity index (χ3n) is 8.25. The van der Waals surface area contributed by atoms with Crippen LogP contribution in [0.1, 0.15) is 45.7 Å². The van der Waals surface area contributed by atoms with Gasteiger partial charge in [-0.05, 0) is 79.6 Å². The van der Waals surface area contributed by atoms with E-state index in [9.17, 15) is 14.4 Å². The summed E-state index contributed by atoms with van der Waals surface area (Å²) >= 11 is 0. The molecule has 2 atom stereocenters. The maximum Gasteiger partial charge on any atom is 0.332 e. The first-order valence-electron chi connectivity index (χ1n) is 14.4. The number of hydrogen-bond donors (Lipinski definition) is 2. The number of urea groups is 1. The maximum atomic E-state index is 14.1. The van der Waals surface area contributed by atoms with E-state index < -0.39 is 12.1 Å². The Labute approximate surface area is 248 Å². The molecular formula is C35H30N4O4. The number of aromatic amines is 1. The van der Waals surface area contributed by atoms with Gasteiger partial charge in [-0.2, -0.15) is 0 Å². The molecule has 0 radical (unpaired) electrons. The third-order valence-corrected chi connectivity index (χ3v) is 8.25. The zero-order valence-corrected chi connectivity index (χ0v) is 23.8. The number of carbonyl (C=O) groups is 3. The zero-order valence-electron chi connectivity index (χ0n) is 23.8. The first kappa shape index (κ1) is 26.5. The number of fused-ring (bicyclic) bond motifs is 4. The van der Waals surface area contributed by atoms with Crippen molar-refractivity contribution in [3.63, 3.8) is 0 Å². The van der Waals surface area contributed by atoms with Crippen LogP contribution in [0, 0.1) is 6.92 Å². The summed E-state index contributed by atoms with van der Waals surface area (Å²) in [5.41, 5.74) is 6.51. The van der Waals surface area contributed by atoms with E-state index in [1.165, 1.54) is 4.90 Å². The Balaban J connectivity index is 1.18. The smallest absolute Gasteiger partial charge is 0.332 e. The number of aryl methyl sites for hydroxylation is 1. The number of H-pyrrole nitrogens is 1. The lowest BCUT2D eigenvalue weighted by Crippen LogP contribution is -2.44. The van der Waals surface area contributed by atoms with E-state index in [1.54, 1.807) is 53.4 Å². The summed E-state index contributed by atoms with van der Waals surface area (Å²) in [7, 11) is 0. The third kappa shape index (κ3) is 4.52. The Bertz CT molecular complexity index is 1860. The van der Waals surface area contributed by atoms with E-state index in [4.69, 9.17) is 4.74 Å². The predicted octanol–water partition coefficient (Wildman–Crippen LogP) is 6.61. The van der Waals surface area contributed by atoms with Gasteiger partial charge >= 0.3 is 6.03 Å². The molecule has 0 unspecified atom stereocenters. The number of carbonyl (C=O) groups excluding carboxylic acids is 3. The Hall–Kier alpha value is -5.37. The van der Waals surface area contributed by atoms with Crippen LogP contribution in [0.2, 0.25) is 0 Å². The number of nitrogens with one attached hydrogen (secondary N) is 2. The molecule has 0 saturated carbocycles. The summed E-state index contributed by atoms with van der Waals surface area (Å²) in [5, 5.41) is 3.94. The number of imide groups is 1. The number of benzene rings is 4. The van der Waals surface area contributed by atoms with Crippen molar-refractivity contribution in [1.29, 1.82) is 0 Å². The van der Waals surface area contributed by atoms with Gasteiger partial charge in [0.15, 0.2) is 0 Å². The van der Waals surface area contributed by atoms with Crippen LogP contribution in [-0.2, 0) is 11.2 Å². The highest BCUT2D eigenvalue weighted by atomic mass is 16.5. The molecular weight excluding hydrogens is 540 g/mol. The van der Waals surface area contributed by atoms with Crippen molar-refractivity contribution in [3.05, 3.63) is 125 Å². The number of amides is 4. The average molecular weight is 571 g/mol. The molecule has 2 aliphatic rings. The Kier molecular flexibility index (Phi) is 6.46. The number of ether oxygens (including phenoxy) is 1. The molecule has 2 N–H and O–H groups in total. The average Bonchev–Trinajstić information content (AvgIpc) is 3.52. The van der Waals surface area contributed by atoms with Gasteiger partial charge in [0.2, 0.25) is 0 Å². The molecule has 0 spiro atoms. The first-order valence-corrected chi connectivity index (χ1v) is 14.4. The van der Waals surface area contributed by atoms with Gasteiger partial charge in [-0.15, -0.1) is 0 Å². The highest BCUT2D eigenvalue weighted by Gasteiger charge is 2.53. The van der Waals surface area contributed by atoms with Gasteiger partial charge in [0.25, 0.3) is 11.8 Å². The number of aromatic nitrogens is 1. The fourth-order valence-corrected chi connectivity index (χ4v) is 6.17. The molecule has 3 heterocycles. The Morgan fingerprint density at radius 3 is 2.37 bits per heavy atom. The number of nitrogens with zero attached hydrogens (tertiary/aromatic N) is 2. The van der Waals surface area contributed by atoms with Crippen LogP contribution in [0.5, 0.6) is 5.75 Å². The van der Waals surface area contributed by atoms with Gasteiger partial charge in [-0.3, -0.25) is 14.5 Å². The number of hydrogen-bond acceptors (Lipinski definition) is 4. The van der Waals surface area contributed by atoms with E-state index in [0.29, 0.717) is 30.0 Å². The van der Waals surface area contributed by atoms with E-state index in [2.05, 4.69) is 16.4 Å². The van der Waals surface area contributed by atoms with E-state index >= 15 is 0 Å². The van der Waals surface area contributed by atoms with Gasteiger partial charge in [0, 0.05) is 34.3 Å². The first-order chi connectivity index (χ1) is 20.9. The van der Waals surface area contributed by atoms with Crippen molar-refractivity contribution in [2.45, 2.75) is 32.4 Å². The molecule has 8 heteroatoms. The van der Waals surface area contributed by atoms with Gasteiger partial charge in [-0.1, -0.05) is 48.0 Å². The zero-order chi connectivity index (χ0) is 29.7. The quantitative estimate of drug-likeness (QED) is 0.225. The number of anilines is 2. The predicted molar refractivity (Wildman–Crippen MR) is 166 cm³/mol. The molecule has 4 amide bonds. The summed E-state index contributed by atoms with van der Waals surface area (Å²) in [5.74, 6) is 0.160. The van der Waals surface area contributed by atoms with Gasteiger partial charge < -0.3 is 15.0 Å².